The molecule has 0 heterocycles. The van der Waals surface area contributed by atoms with E-state index in [0.29, 0.717) is 17.9 Å². The molecule has 1 aliphatic rings. The molecular weight excluding hydrogens is 262 g/mol. The molecule has 1 aromatic rings. The standard InChI is InChI=1S/C18H29NO2/c1-13(2)19-12-14-7-5-6-8-16(14)17-10-9-15(20-3)11-18(17)21-4/h9-11,13-14,16,19H,5-8,12H2,1-4H3. The van der Waals surface area contributed by atoms with Gasteiger partial charge in [-0.2, -0.15) is 0 Å². The molecule has 0 aromatic heterocycles. The van der Waals surface area contributed by atoms with Crippen LogP contribution in [0.25, 0.3) is 0 Å². The summed E-state index contributed by atoms with van der Waals surface area (Å²) in [5, 5.41) is 3.61. The van der Waals surface area contributed by atoms with E-state index in [1.165, 1.54) is 31.2 Å². The molecule has 3 heteroatoms. The summed E-state index contributed by atoms with van der Waals surface area (Å²) in [5.41, 5.74) is 1.34. The van der Waals surface area contributed by atoms with Gasteiger partial charge in [0.2, 0.25) is 0 Å². The molecule has 21 heavy (non-hydrogen) atoms. The van der Waals surface area contributed by atoms with Crippen LogP contribution in [0.4, 0.5) is 0 Å². The molecule has 1 fully saturated rings. The van der Waals surface area contributed by atoms with E-state index in [2.05, 4.69) is 31.3 Å². The first kappa shape index (κ1) is 16.2. The average Bonchev–Trinajstić information content (AvgIpc) is 2.52. The molecule has 0 radical (unpaired) electrons. The number of hydrogen-bond donors (Lipinski definition) is 1. The lowest BCUT2D eigenvalue weighted by molar-refractivity contribution is 0.282. The van der Waals surface area contributed by atoms with Gasteiger partial charge in [-0.1, -0.05) is 32.8 Å². The Morgan fingerprint density at radius 2 is 1.90 bits per heavy atom. The van der Waals surface area contributed by atoms with Crippen molar-refractivity contribution in [2.45, 2.75) is 51.5 Å². The van der Waals surface area contributed by atoms with E-state index in [0.717, 1.165) is 18.0 Å². The zero-order chi connectivity index (χ0) is 15.2. The molecule has 1 aliphatic carbocycles. The molecule has 1 N–H and O–H groups in total. The minimum Gasteiger partial charge on any atom is -0.497 e. The molecule has 0 spiro atoms. The van der Waals surface area contributed by atoms with Crippen molar-refractivity contribution in [1.29, 1.82) is 0 Å². The molecule has 3 nitrogen and oxygen atoms in total. The highest BCUT2D eigenvalue weighted by atomic mass is 16.5. The number of ether oxygens (including phenoxy) is 2. The number of rotatable bonds is 6. The van der Waals surface area contributed by atoms with Crippen LogP contribution in [0.5, 0.6) is 11.5 Å². The monoisotopic (exact) mass is 291 g/mol. The van der Waals surface area contributed by atoms with Gasteiger partial charge in [-0.15, -0.1) is 0 Å². The van der Waals surface area contributed by atoms with Crippen LogP contribution in [0.1, 0.15) is 51.0 Å². The van der Waals surface area contributed by atoms with Crippen LogP contribution in [0.3, 0.4) is 0 Å². The third-order valence-electron chi connectivity index (χ3n) is 4.54. The molecule has 1 aromatic carbocycles. The molecule has 118 valence electrons. The Hall–Kier alpha value is -1.22. The second kappa shape index (κ2) is 7.69. The van der Waals surface area contributed by atoms with Crippen LogP contribution in [-0.2, 0) is 0 Å². The average molecular weight is 291 g/mol. The molecule has 0 saturated heterocycles. The van der Waals surface area contributed by atoms with Gasteiger partial charge in [0.25, 0.3) is 0 Å². The lowest BCUT2D eigenvalue weighted by Crippen LogP contribution is -2.33. The van der Waals surface area contributed by atoms with Gasteiger partial charge in [0.05, 0.1) is 14.2 Å². The highest BCUT2D eigenvalue weighted by molar-refractivity contribution is 5.43. The van der Waals surface area contributed by atoms with Crippen molar-refractivity contribution >= 4 is 0 Å². The third kappa shape index (κ3) is 4.13. The van der Waals surface area contributed by atoms with Gasteiger partial charge < -0.3 is 14.8 Å². The summed E-state index contributed by atoms with van der Waals surface area (Å²) in [6.07, 6.45) is 5.23. The Bertz CT molecular complexity index is 445. The summed E-state index contributed by atoms with van der Waals surface area (Å²) in [4.78, 5) is 0. The maximum Gasteiger partial charge on any atom is 0.126 e. The second-order valence-electron chi connectivity index (χ2n) is 6.32. The molecule has 2 atom stereocenters. The van der Waals surface area contributed by atoms with Gasteiger partial charge in [-0.25, -0.2) is 0 Å². The van der Waals surface area contributed by atoms with E-state index < -0.39 is 0 Å². The fourth-order valence-corrected chi connectivity index (χ4v) is 3.37. The highest BCUT2D eigenvalue weighted by Gasteiger charge is 2.28. The Labute approximate surface area is 129 Å². The van der Waals surface area contributed by atoms with Gasteiger partial charge in [0.15, 0.2) is 0 Å². The molecule has 2 rings (SSSR count). The predicted molar refractivity (Wildman–Crippen MR) is 87.4 cm³/mol. The van der Waals surface area contributed by atoms with Crippen molar-refractivity contribution < 1.29 is 9.47 Å². The summed E-state index contributed by atoms with van der Waals surface area (Å²) in [6, 6.07) is 6.80. The number of hydrogen-bond acceptors (Lipinski definition) is 3. The van der Waals surface area contributed by atoms with Crippen molar-refractivity contribution in [2.75, 3.05) is 20.8 Å². The first-order valence-electron chi connectivity index (χ1n) is 8.11. The molecule has 1 saturated carbocycles. The van der Waals surface area contributed by atoms with E-state index in [9.17, 15) is 0 Å². The number of benzene rings is 1. The van der Waals surface area contributed by atoms with Crippen molar-refractivity contribution in [3.05, 3.63) is 23.8 Å². The maximum atomic E-state index is 5.61. The molecule has 0 bridgehead atoms. The van der Waals surface area contributed by atoms with Crippen LogP contribution >= 0.6 is 0 Å². The van der Waals surface area contributed by atoms with Gasteiger partial charge in [-0.05, 0) is 42.9 Å². The van der Waals surface area contributed by atoms with E-state index in [-0.39, 0.29) is 0 Å². The fourth-order valence-electron chi connectivity index (χ4n) is 3.37. The smallest absolute Gasteiger partial charge is 0.126 e. The van der Waals surface area contributed by atoms with Gasteiger partial charge >= 0.3 is 0 Å². The van der Waals surface area contributed by atoms with Crippen molar-refractivity contribution in [3.63, 3.8) is 0 Å². The van der Waals surface area contributed by atoms with Crippen LogP contribution in [0, 0.1) is 5.92 Å². The Morgan fingerprint density at radius 3 is 2.57 bits per heavy atom. The van der Waals surface area contributed by atoms with Gasteiger partial charge in [0.1, 0.15) is 11.5 Å². The van der Waals surface area contributed by atoms with Crippen molar-refractivity contribution in [2.24, 2.45) is 5.92 Å². The first-order valence-corrected chi connectivity index (χ1v) is 8.11. The Balaban J connectivity index is 2.20. The zero-order valence-electron chi connectivity index (χ0n) is 13.8. The quantitative estimate of drug-likeness (QED) is 0.860. The third-order valence-corrected chi connectivity index (χ3v) is 4.54. The molecule has 0 aliphatic heterocycles. The lowest BCUT2D eigenvalue weighted by atomic mass is 9.75. The topological polar surface area (TPSA) is 30.5 Å². The van der Waals surface area contributed by atoms with Crippen LogP contribution in [-0.4, -0.2) is 26.8 Å². The summed E-state index contributed by atoms with van der Waals surface area (Å²) in [6.45, 7) is 5.52. The van der Waals surface area contributed by atoms with E-state index >= 15 is 0 Å². The molecular formula is C18H29NO2. The second-order valence-corrected chi connectivity index (χ2v) is 6.32. The van der Waals surface area contributed by atoms with Gasteiger partial charge in [-0.3, -0.25) is 0 Å². The maximum absolute atomic E-state index is 5.61. The molecule has 0 amide bonds. The normalized spacial score (nSPS) is 22.3. The van der Waals surface area contributed by atoms with Crippen LogP contribution < -0.4 is 14.8 Å². The van der Waals surface area contributed by atoms with E-state index in [1.54, 1.807) is 14.2 Å². The predicted octanol–water partition coefficient (Wildman–Crippen LogP) is 3.98. The lowest BCUT2D eigenvalue weighted by Gasteiger charge is -2.33. The highest BCUT2D eigenvalue weighted by Crippen LogP contribution is 2.42. The SMILES string of the molecule is COc1ccc(C2CCCCC2CNC(C)C)c(OC)c1. The van der Waals surface area contributed by atoms with Crippen molar-refractivity contribution in [3.8, 4) is 11.5 Å². The van der Waals surface area contributed by atoms with Crippen molar-refractivity contribution in [1.82, 2.24) is 5.32 Å². The first-order chi connectivity index (χ1) is 10.2. The molecule has 2 unspecified atom stereocenters. The van der Waals surface area contributed by atoms with Crippen LogP contribution in [0.15, 0.2) is 18.2 Å². The summed E-state index contributed by atoms with van der Waals surface area (Å²) < 4.78 is 10.9. The summed E-state index contributed by atoms with van der Waals surface area (Å²) in [5.74, 6) is 3.12. The Kier molecular flexibility index (Phi) is 5.92. The fraction of sp³-hybridized carbons (Fsp3) is 0.667. The Morgan fingerprint density at radius 1 is 1.14 bits per heavy atom. The van der Waals surface area contributed by atoms with E-state index in [4.69, 9.17) is 9.47 Å². The number of nitrogens with one attached hydrogen (secondary N) is 1. The number of methoxy groups -OCH3 is 2. The summed E-state index contributed by atoms with van der Waals surface area (Å²) >= 11 is 0. The van der Waals surface area contributed by atoms with Crippen LogP contribution in [0.2, 0.25) is 0 Å². The van der Waals surface area contributed by atoms with Gasteiger partial charge in [0, 0.05) is 12.1 Å². The minimum atomic E-state index is 0.547. The van der Waals surface area contributed by atoms with E-state index in [1.807, 2.05) is 6.07 Å². The summed E-state index contributed by atoms with van der Waals surface area (Å²) in [7, 11) is 3.45. The largest absolute Gasteiger partial charge is 0.497 e. The minimum absolute atomic E-state index is 0.547. The zero-order valence-corrected chi connectivity index (χ0v) is 13.8.